The van der Waals surface area contributed by atoms with Gasteiger partial charge in [0.25, 0.3) is 0 Å². The second kappa shape index (κ2) is 15.8. The number of benzene rings is 4. The number of aryl methyl sites for hydroxylation is 2. The topological polar surface area (TPSA) is 55.1 Å². The normalized spacial score (nSPS) is 11.5. The second-order valence-electron chi connectivity index (χ2n) is 11.0. The molecule has 0 aliphatic heterocycles. The fourth-order valence-electron chi connectivity index (χ4n) is 5.63. The van der Waals surface area contributed by atoms with E-state index >= 15 is 0 Å². The number of carbonyl (C=O) groups is 1. The molecule has 1 radical (unpaired) electrons. The minimum atomic E-state index is 0. The molecule has 1 N–H and O–H groups in total. The van der Waals surface area contributed by atoms with Gasteiger partial charge in [-0.1, -0.05) is 87.7 Å². The Morgan fingerprint density at radius 1 is 0.837 bits per heavy atom. The first kappa shape index (κ1) is 34.0. The van der Waals surface area contributed by atoms with Crippen LogP contribution in [0.4, 0.5) is 0 Å². The first-order chi connectivity index (χ1) is 20.3. The van der Waals surface area contributed by atoms with Crippen molar-refractivity contribution in [2.24, 2.45) is 11.8 Å². The SMILES string of the molecule is CCC(CC)C(=O)/C=C(\O)C(CC)CC.Cc1cccc(C)c1-n1c(-c2[c-]cc3ccccc3c2)nc2ccccc21.[Ir]. The molecule has 5 heteroatoms. The van der Waals surface area contributed by atoms with E-state index in [0.29, 0.717) is 0 Å². The average Bonchev–Trinajstić information content (AvgIpc) is 3.38. The number of rotatable bonds is 9. The first-order valence-electron chi connectivity index (χ1n) is 15.2. The fourth-order valence-corrected chi connectivity index (χ4v) is 5.63. The van der Waals surface area contributed by atoms with Gasteiger partial charge in [0, 0.05) is 43.7 Å². The van der Waals surface area contributed by atoms with E-state index in [-0.39, 0.29) is 43.5 Å². The minimum Gasteiger partial charge on any atom is -0.512 e. The van der Waals surface area contributed by atoms with E-state index < -0.39 is 0 Å². The summed E-state index contributed by atoms with van der Waals surface area (Å²) in [4.78, 5) is 16.7. The van der Waals surface area contributed by atoms with Gasteiger partial charge in [-0.3, -0.25) is 9.78 Å². The van der Waals surface area contributed by atoms with Gasteiger partial charge in [0.15, 0.2) is 5.78 Å². The number of hydrogen-bond donors (Lipinski definition) is 1. The molecule has 5 rings (SSSR count). The molecule has 1 heterocycles. The Bertz CT molecular complexity index is 1670. The van der Waals surface area contributed by atoms with Gasteiger partial charge >= 0.3 is 0 Å². The third kappa shape index (κ3) is 7.71. The standard InChI is InChI=1S/C25H19N2.C13H24O2.Ir/c1-17-8-7-9-18(2)24(17)27-23-13-6-5-12-22(23)26-25(27)21-15-14-19-10-3-4-11-20(19)16-21;1-5-10(6-2)12(14)9-13(15)11(7-3)8-4;/h3-14,16H,1-2H3;9-11,14H,5-8H2,1-4H3;/q-1;;/b;12-9-;. The Morgan fingerprint density at radius 3 is 2.05 bits per heavy atom. The van der Waals surface area contributed by atoms with Gasteiger partial charge in [0.1, 0.15) is 0 Å². The van der Waals surface area contributed by atoms with Crippen molar-refractivity contribution in [2.75, 3.05) is 0 Å². The number of aromatic nitrogens is 2. The molecule has 0 spiro atoms. The number of hydrogen-bond acceptors (Lipinski definition) is 3. The molecule has 4 aromatic carbocycles. The Kier molecular flexibility index (Phi) is 12.5. The average molecular weight is 752 g/mol. The zero-order chi connectivity index (χ0) is 30.2. The van der Waals surface area contributed by atoms with E-state index in [2.05, 4.69) is 97.3 Å². The molecule has 0 aliphatic carbocycles. The van der Waals surface area contributed by atoms with Crippen molar-refractivity contribution in [2.45, 2.75) is 67.2 Å². The van der Waals surface area contributed by atoms with Crippen LogP contribution >= 0.6 is 0 Å². The quantitative estimate of drug-likeness (QED) is 0.0927. The number of carbonyl (C=O) groups excluding carboxylic acids is 1. The van der Waals surface area contributed by atoms with Crippen LogP contribution in [-0.2, 0) is 24.9 Å². The summed E-state index contributed by atoms with van der Waals surface area (Å²) in [6.07, 6.45) is 4.91. The summed E-state index contributed by atoms with van der Waals surface area (Å²) in [6, 6.07) is 30.8. The molecule has 43 heavy (non-hydrogen) atoms. The molecule has 0 fully saturated rings. The van der Waals surface area contributed by atoms with Gasteiger partial charge < -0.3 is 9.67 Å². The molecule has 5 aromatic rings. The third-order valence-corrected chi connectivity index (χ3v) is 8.23. The van der Waals surface area contributed by atoms with Crippen molar-refractivity contribution in [3.8, 4) is 17.1 Å². The van der Waals surface area contributed by atoms with E-state index in [0.717, 1.165) is 48.1 Å². The summed E-state index contributed by atoms with van der Waals surface area (Å²) in [5, 5.41) is 12.2. The monoisotopic (exact) mass is 752 g/mol. The van der Waals surface area contributed by atoms with Gasteiger partial charge in [-0.2, -0.15) is 0 Å². The maximum Gasteiger partial charge on any atom is 0.162 e. The number of allylic oxidation sites excluding steroid dienone is 2. The van der Waals surface area contributed by atoms with E-state index in [4.69, 9.17) is 4.98 Å². The van der Waals surface area contributed by atoms with Crippen molar-refractivity contribution in [1.82, 2.24) is 9.55 Å². The van der Waals surface area contributed by atoms with Crippen molar-refractivity contribution >= 4 is 27.6 Å². The molecule has 4 nitrogen and oxygen atoms in total. The van der Waals surface area contributed by atoms with E-state index in [1.807, 2.05) is 33.8 Å². The number of ketones is 1. The van der Waals surface area contributed by atoms with E-state index in [9.17, 15) is 9.90 Å². The number of aliphatic hydroxyl groups is 1. The Morgan fingerprint density at radius 2 is 1.42 bits per heavy atom. The fraction of sp³-hybridized carbons (Fsp3) is 0.316. The molecule has 0 saturated carbocycles. The largest absolute Gasteiger partial charge is 0.512 e. The smallest absolute Gasteiger partial charge is 0.162 e. The summed E-state index contributed by atoms with van der Waals surface area (Å²) < 4.78 is 2.28. The zero-order valence-electron chi connectivity index (χ0n) is 26.1. The van der Waals surface area contributed by atoms with Crippen LogP contribution in [-0.4, -0.2) is 20.4 Å². The number of aliphatic hydroxyl groups excluding tert-OH is 1. The van der Waals surface area contributed by atoms with Crippen molar-refractivity contribution in [3.63, 3.8) is 0 Å². The molecule has 0 saturated heterocycles. The maximum absolute atomic E-state index is 11.7. The van der Waals surface area contributed by atoms with Crippen LogP contribution in [0.15, 0.2) is 90.7 Å². The number of para-hydroxylation sites is 3. The van der Waals surface area contributed by atoms with Crippen molar-refractivity contribution < 1.29 is 30.0 Å². The predicted molar refractivity (Wildman–Crippen MR) is 176 cm³/mol. The summed E-state index contributed by atoms with van der Waals surface area (Å²) in [7, 11) is 0. The van der Waals surface area contributed by atoms with Crippen LogP contribution in [0.25, 0.3) is 38.9 Å². The molecular formula is C38H43IrN2O2-. The number of imidazole rings is 1. The first-order valence-corrected chi connectivity index (χ1v) is 15.2. The predicted octanol–water partition coefficient (Wildman–Crippen LogP) is 10.1. The molecule has 0 atom stereocenters. The van der Waals surface area contributed by atoms with Gasteiger partial charge in [0.2, 0.25) is 0 Å². The number of nitrogens with zero attached hydrogens (tertiary/aromatic N) is 2. The summed E-state index contributed by atoms with van der Waals surface area (Å²) in [6.45, 7) is 12.4. The van der Waals surface area contributed by atoms with Crippen LogP contribution in [0.2, 0.25) is 0 Å². The van der Waals surface area contributed by atoms with Gasteiger partial charge in [-0.15, -0.1) is 29.1 Å². The third-order valence-electron chi connectivity index (χ3n) is 8.23. The van der Waals surface area contributed by atoms with E-state index in [1.165, 1.54) is 33.7 Å². The van der Waals surface area contributed by atoms with Crippen molar-refractivity contribution in [1.29, 1.82) is 0 Å². The molecule has 0 amide bonds. The van der Waals surface area contributed by atoms with E-state index in [1.54, 1.807) is 0 Å². The van der Waals surface area contributed by atoms with Crippen LogP contribution in [0.3, 0.4) is 0 Å². The molecule has 0 aliphatic rings. The Hall–Kier alpha value is -3.53. The molecular weight excluding hydrogens is 709 g/mol. The summed E-state index contributed by atoms with van der Waals surface area (Å²) >= 11 is 0. The molecule has 1 aromatic heterocycles. The van der Waals surface area contributed by atoms with Crippen LogP contribution in [0, 0.1) is 31.7 Å². The van der Waals surface area contributed by atoms with Crippen LogP contribution in [0.1, 0.15) is 64.5 Å². The zero-order valence-corrected chi connectivity index (χ0v) is 28.5. The number of fused-ring (bicyclic) bond motifs is 2. The maximum atomic E-state index is 11.7. The minimum absolute atomic E-state index is 0. The Balaban J connectivity index is 0.000000274. The second-order valence-corrected chi connectivity index (χ2v) is 11.0. The van der Waals surface area contributed by atoms with Crippen molar-refractivity contribution in [3.05, 3.63) is 108 Å². The summed E-state index contributed by atoms with van der Waals surface area (Å²) in [5.41, 5.74) is 6.79. The Labute approximate surface area is 270 Å². The summed E-state index contributed by atoms with van der Waals surface area (Å²) in [5.74, 6) is 1.48. The van der Waals surface area contributed by atoms with Crippen LogP contribution in [0.5, 0.6) is 0 Å². The molecule has 0 unspecified atom stereocenters. The van der Waals surface area contributed by atoms with Gasteiger partial charge in [-0.25, -0.2) is 0 Å². The molecule has 227 valence electrons. The molecule has 0 bridgehead atoms. The van der Waals surface area contributed by atoms with Gasteiger partial charge in [0.05, 0.1) is 22.6 Å². The van der Waals surface area contributed by atoms with Gasteiger partial charge in [-0.05, 0) is 62.8 Å². The van der Waals surface area contributed by atoms with Crippen LogP contribution < -0.4 is 0 Å².